The van der Waals surface area contributed by atoms with Crippen molar-refractivity contribution in [3.05, 3.63) is 0 Å². The molecular weight excluding hydrogens is 234 g/mol. The molecule has 7 nitrogen and oxygen atoms in total. The molecule has 0 unspecified atom stereocenters. The summed E-state index contributed by atoms with van der Waals surface area (Å²) in [6.45, 7) is 4.03. The lowest BCUT2D eigenvalue weighted by atomic mass is 10.4. The van der Waals surface area contributed by atoms with Gasteiger partial charge in [-0.1, -0.05) is 6.92 Å². The number of ether oxygens (including phenoxy) is 2. The highest BCUT2D eigenvalue weighted by atomic mass is 16.5. The lowest BCUT2D eigenvalue weighted by Crippen LogP contribution is -2.16. The third-order valence-electron chi connectivity index (χ3n) is 2.03. The van der Waals surface area contributed by atoms with Crippen LogP contribution in [0.5, 0.6) is 12.0 Å². The van der Waals surface area contributed by atoms with Crippen molar-refractivity contribution in [2.75, 3.05) is 39.6 Å². The molecule has 0 radical (unpaired) electrons. The minimum atomic E-state index is 0.110. The Labute approximate surface area is 107 Å². The van der Waals surface area contributed by atoms with Crippen molar-refractivity contribution in [2.45, 2.75) is 19.8 Å². The van der Waals surface area contributed by atoms with Crippen LogP contribution in [0.1, 0.15) is 19.8 Å². The summed E-state index contributed by atoms with van der Waals surface area (Å²) in [4.78, 5) is 13.9. The van der Waals surface area contributed by atoms with Crippen LogP contribution in [0.25, 0.3) is 0 Å². The van der Waals surface area contributed by atoms with Gasteiger partial charge in [0, 0.05) is 6.54 Å². The molecule has 0 aliphatic rings. The maximum Gasteiger partial charge on any atom is 0.324 e. The van der Waals surface area contributed by atoms with Crippen LogP contribution in [0.4, 0.5) is 5.95 Å². The first-order chi connectivity index (χ1) is 8.61. The number of anilines is 1. The molecule has 1 rings (SSSR count). The van der Waals surface area contributed by atoms with Crippen LogP contribution in [-0.4, -0.2) is 53.7 Å². The van der Waals surface area contributed by atoms with Gasteiger partial charge in [-0.25, -0.2) is 0 Å². The fourth-order valence-electron chi connectivity index (χ4n) is 1.22. The fourth-order valence-corrected chi connectivity index (χ4v) is 1.22. The van der Waals surface area contributed by atoms with Gasteiger partial charge in [0.1, 0.15) is 0 Å². The number of hydrogen-bond acceptors (Lipinski definition) is 7. The van der Waals surface area contributed by atoms with E-state index in [1.807, 2.05) is 21.0 Å². The molecule has 0 aromatic carbocycles. The Morgan fingerprint density at radius 1 is 1.06 bits per heavy atom. The normalized spacial score (nSPS) is 10.7. The molecule has 0 spiro atoms. The maximum atomic E-state index is 5.55. The van der Waals surface area contributed by atoms with E-state index >= 15 is 0 Å². The average Bonchev–Trinajstić information content (AvgIpc) is 2.31. The second-order valence-electron chi connectivity index (χ2n) is 4.11. The van der Waals surface area contributed by atoms with Gasteiger partial charge in [0.05, 0.1) is 13.2 Å². The van der Waals surface area contributed by atoms with Crippen molar-refractivity contribution in [2.24, 2.45) is 0 Å². The number of rotatable bonds is 8. The maximum absolute atomic E-state index is 5.55. The van der Waals surface area contributed by atoms with Gasteiger partial charge in [-0.2, -0.15) is 9.97 Å². The Kier molecular flexibility index (Phi) is 6.13. The second kappa shape index (κ2) is 7.65. The van der Waals surface area contributed by atoms with Gasteiger partial charge < -0.3 is 20.1 Å². The number of nitrogen functional groups attached to an aromatic ring is 1. The Hall–Kier alpha value is -1.63. The van der Waals surface area contributed by atoms with E-state index < -0.39 is 0 Å². The standard InChI is InChI=1S/C11H21N5O2/c1-4-7-17-10-13-9(12)14-11(15-10)18-8-5-6-16(2)3/h4-8H2,1-3H3,(H2,12,13,14,15). The van der Waals surface area contributed by atoms with Crippen LogP contribution < -0.4 is 15.2 Å². The van der Waals surface area contributed by atoms with Crippen molar-refractivity contribution >= 4 is 5.95 Å². The zero-order chi connectivity index (χ0) is 13.4. The predicted octanol–water partition coefficient (Wildman–Crippen LogP) is 0.573. The van der Waals surface area contributed by atoms with Gasteiger partial charge in [0.2, 0.25) is 5.95 Å². The summed E-state index contributed by atoms with van der Waals surface area (Å²) in [7, 11) is 4.02. The van der Waals surface area contributed by atoms with Gasteiger partial charge in [-0.15, -0.1) is 4.98 Å². The van der Waals surface area contributed by atoms with E-state index in [2.05, 4.69) is 19.9 Å². The summed E-state index contributed by atoms with van der Waals surface area (Å²) >= 11 is 0. The lowest BCUT2D eigenvalue weighted by molar-refractivity contribution is 0.248. The highest BCUT2D eigenvalue weighted by Crippen LogP contribution is 2.11. The molecule has 0 atom stereocenters. The smallest absolute Gasteiger partial charge is 0.324 e. The molecule has 0 amide bonds. The second-order valence-corrected chi connectivity index (χ2v) is 4.11. The largest absolute Gasteiger partial charge is 0.463 e. The predicted molar refractivity (Wildman–Crippen MR) is 68.7 cm³/mol. The summed E-state index contributed by atoms with van der Waals surface area (Å²) in [6, 6.07) is 0.430. The van der Waals surface area contributed by atoms with Crippen molar-refractivity contribution in [1.29, 1.82) is 0 Å². The minimum Gasteiger partial charge on any atom is -0.463 e. The molecule has 7 heteroatoms. The van der Waals surface area contributed by atoms with Gasteiger partial charge in [0.15, 0.2) is 0 Å². The summed E-state index contributed by atoms with van der Waals surface area (Å²) in [5.41, 5.74) is 5.55. The van der Waals surface area contributed by atoms with E-state index in [1.54, 1.807) is 0 Å². The molecular formula is C11H21N5O2. The Bertz CT molecular complexity index is 359. The molecule has 0 aliphatic heterocycles. The Balaban J connectivity index is 2.46. The van der Waals surface area contributed by atoms with Gasteiger partial charge in [-0.05, 0) is 26.9 Å². The van der Waals surface area contributed by atoms with Crippen LogP contribution in [0.2, 0.25) is 0 Å². The van der Waals surface area contributed by atoms with Crippen LogP contribution in [-0.2, 0) is 0 Å². The van der Waals surface area contributed by atoms with Gasteiger partial charge >= 0.3 is 12.0 Å². The van der Waals surface area contributed by atoms with E-state index in [0.717, 1.165) is 19.4 Å². The van der Waals surface area contributed by atoms with E-state index in [9.17, 15) is 0 Å². The molecule has 1 heterocycles. The van der Waals surface area contributed by atoms with Crippen LogP contribution >= 0.6 is 0 Å². The Morgan fingerprint density at radius 2 is 1.67 bits per heavy atom. The summed E-state index contributed by atoms with van der Waals surface area (Å²) in [5, 5.41) is 0. The first-order valence-corrected chi connectivity index (χ1v) is 6.03. The van der Waals surface area contributed by atoms with Crippen LogP contribution in [0, 0.1) is 0 Å². The Morgan fingerprint density at radius 3 is 2.22 bits per heavy atom. The van der Waals surface area contributed by atoms with Crippen molar-refractivity contribution in [1.82, 2.24) is 19.9 Å². The van der Waals surface area contributed by atoms with Gasteiger partial charge in [-0.3, -0.25) is 0 Å². The van der Waals surface area contributed by atoms with E-state index in [-0.39, 0.29) is 18.0 Å². The first-order valence-electron chi connectivity index (χ1n) is 6.03. The monoisotopic (exact) mass is 255 g/mol. The molecule has 0 saturated carbocycles. The third-order valence-corrected chi connectivity index (χ3v) is 2.03. The molecule has 18 heavy (non-hydrogen) atoms. The lowest BCUT2D eigenvalue weighted by Gasteiger charge is -2.10. The number of nitrogens with two attached hydrogens (primary N) is 1. The minimum absolute atomic E-state index is 0.110. The quantitative estimate of drug-likeness (QED) is 0.680. The summed E-state index contributed by atoms with van der Waals surface area (Å²) in [5.74, 6) is 0.110. The highest BCUT2D eigenvalue weighted by Gasteiger charge is 2.06. The molecule has 0 fully saturated rings. The van der Waals surface area contributed by atoms with E-state index in [1.165, 1.54) is 0 Å². The number of nitrogens with zero attached hydrogens (tertiary/aromatic N) is 4. The molecule has 102 valence electrons. The number of hydrogen-bond donors (Lipinski definition) is 1. The first kappa shape index (κ1) is 14.4. The molecule has 0 saturated heterocycles. The summed E-state index contributed by atoms with van der Waals surface area (Å²) < 4.78 is 10.7. The average molecular weight is 255 g/mol. The number of aromatic nitrogens is 3. The zero-order valence-corrected chi connectivity index (χ0v) is 11.2. The molecule has 2 N–H and O–H groups in total. The SMILES string of the molecule is CCCOc1nc(N)nc(OCCCN(C)C)n1. The van der Waals surface area contributed by atoms with Crippen LogP contribution in [0.15, 0.2) is 0 Å². The van der Waals surface area contributed by atoms with Gasteiger partial charge in [0.25, 0.3) is 0 Å². The zero-order valence-electron chi connectivity index (χ0n) is 11.2. The van der Waals surface area contributed by atoms with Crippen molar-refractivity contribution in [3.8, 4) is 12.0 Å². The molecule has 1 aromatic rings. The molecule has 0 bridgehead atoms. The molecule has 0 aliphatic carbocycles. The van der Waals surface area contributed by atoms with Crippen molar-refractivity contribution in [3.63, 3.8) is 0 Å². The topological polar surface area (TPSA) is 86.4 Å². The molecule has 1 aromatic heterocycles. The summed E-state index contributed by atoms with van der Waals surface area (Å²) in [6.07, 6.45) is 1.77. The fraction of sp³-hybridized carbons (Fsp3) is 0.727. The van der Waals surface area contributed by atoms with Crippen molar-refractivity contribution < 1.29 is 9.47 Å². The van der Waals surface area contributed by atoms with E-state index in [0.29, 0.717) is 13.2 Å². The van der Waals surface area contributed by atoms with Crippen LogP contribution in [0.3, 0.4) is 0 Å². The van der Waals surface area contributed by atoms with E-state index in [4.69, 9.17) is 15.2 Å². The third kappa shape index (κ3) is 5.62. The highest BCUT2D eigenvalue weighted by molar-refractivity contribution is 5.20.